The maximum Gasteiger partial charge on any atom is 0.309 e. The molecule has 2 aliphatic carbocycles. The second kappa shape index (κ2) is 7.23. The van der Waals surface area contributed by atoms with Gasteiger partial charge in [0.05, 0.1) is 25.2 Å². The van der Waals surface area contributed by atoms with Crippen LogP contribution in [0, 0.1) is 23.7 Å². The fourth-order valence-corrected chi connectivity index (χ4v) is 5.46. The molecule has 6 atom stereocenters. The number of morpholine rings is 1. The number of amides is 1. The molecular formula is C19H29NO5. The zero-order valence-electron chi connectivity index (χ0n) is 15.0. The van der Waals surface area contributed by atoms with E-state index in [2.05, 4.69) is 0 Å². The Morgan fingerprint density at radius 3 is 2.80 bits per heavy atom. The third kappa shape index (κ3) is 3.31. The van der Waals surface area contributed by atoms with E-state index >= 15 is 0 Å². The summed E-state index contributed by atoms with van der Waals surface area (Å²) >= 11 is 0. The molecule has 0 aromatic carbocycles. The number of ether oxygens (including phenoxy) is 3. The van der Waals surface area contributed by atoms with Crippen molar-refractivity contribution in [3.05, 3.63) is 0 Å². The van der Waals surface area contributed by atoms with Gasteiger partial charge in [-0.25, -0.2) is 0 Å². The van der Waals surface area contributed by atoms with Crippen molar-refractivity contribution in [2.75, 3.05) is 32.9 Å². The van der Waals surface area contributed by atoms with Crippen LogP contribution < -0.4 is 0 Å². The summed E-state index contributed by atoms with van der Waals surface area (Å²) in [6, 6.07) is 0. The van der Waals surface area contributed by atoms with Gasteiger partial charge in [0.1, 0.15) is 12.7 Å². The second-order valence-electron chi connectivity index (χ2n) is 8.04. The predicted octanol–water partition coefficient (Wildman–Crippen LogP) is 1.62. The van der Waals surface area contributed by atoms with Crippen molar-refractivity contribution in [2.24, 2.45) is 23.7 Å². The lowest BCUT2D eigenvalue weighted by Crippen LogP contribution is -2.50. The normalized spacial score (nSPS) is 41.0. The minimum Gasteiger partial charge on any atom is -0.462 e. The minimum atomic E-state index is -0.108. The summed E-state index contributed by atoms with van der Waals surface area (Å²) in [5.74, 6) is 1.04. The van der Waals surface area contributed by atoms with E-state index in [1.54, 1.807) is 0 Å². The molecule has 2 saturated heterocycles. The van der Waals surface area contributed by atoms with E-state index < -0.39 is 0 Å². The highest BCUT2D eigenvalue weighted by atomic mass is 16.6. The molecule has 2 heterocycles. The molecular weight excluding hydrogens is 322 g/mol. The molecule has 6 heteroatoms. The highest BCUT2D eigenvalue weighted by Crippen LogP contribution is 2.50. The number of esters is 1. The Balaban J connectivity index is 1.46. The van der Waals surface area contributed by atoms with Gasteiger partial charge in [0, 0.05) is 19.0 Å². The van der Waals surface area contributed by atoms with Crippen molar-refractivity contribution in [1.29, 1.82) is 0 Å². The smallest absolute Gasteiger partial charge is 0.309 e. The van der Waals surface area contributed by atoms with Crippen molar-refractivity contribution >= 4 is 11.9 Å². The Kier molecular flexibility index (Phi) is 5.00. The predicted molar refractivity (Wildman–Crippen MR) is 89.7 cm³/mol. The van der Waals surface area contributed by atoms with Crippen LogP contribution in [0.15, 0.2) is 0 Å². The first-order valence-electron chi connectivity index (χ1n) is 9.83. The average molecular weight is 351 g/mol. The van der Waals surface area contributed by atoms with Gasteiger partial charge < -0.3 is 19.1 Å². The molecule has 0 aromatic rings. The maximum atomic E-state index is 12.5. The zero-order chi connectivity index (χ0) is 17.4. The summed E-state index contributed by atoms with van der Waals surface area (Å²) in [7, 11) is 0. The van der Waals surface area contributed by atoms with E-state index in [9.17, 15) is 9.59 Å². The van der Waals surface area contributed by atoms with Gasteiger partial charge in [-0.2, -0.15) is 0 Å². The molecule has 4 aliphatic rings. The molecule has 4 rings (SSSR count). The van der Waals surface area contributed by atoms with Crippen LogP contribution in [0.4, 0.5) is 0 Å². The Hall–Kier alpha value is -1.14. The summed E-state index contributed by atoms with van der Waals surface area (Å²) in [5.41, 5.74) is 0. The van der Waals surface area contributed by atoms with Crippen LogP contribution >= 0.6 is 0 Å². The lowest BCUT2D eigenvalue weighted by atomic mass is 9.61. The van der Waals surface area contributed by atoms with Gasteiger partial charge in [-0.05, 0) is 31.6 Å². The number of hydrogen-bond acceptors (Lipinski definition) is 5. The number of carbonyl (C=O) groups excluding carboxylic acids is 2. The van der Waals surface area contributed by atoms with Gasteiger partial charge in [0.25, 0.3) is 0 Å². The first-order chi connectivity index (χ1) is 12.1. The topological polar surface area (TPSA) is 65.1 Å². The van der Waals surface area contributed by atoms with Crippen molar-refractivity contribution < 1.29 is 23.8 Å². The second-order valence-corrected chi connectivity index (χ2v) is 8.04. The summed E-state index contributed by atoms with van der Waals surface area (Å²) in [6.45, 7) is 4.57. The molecule has 0 radical (unpaired) electrons. The van der Waals surface area contributed by atoms with Crippen LogP contribution in [0.3, 0.4) is 0 Å². The molecule has 0 N–H and O–H groups in total. The molecule has 0 bridgehead atoms. The lowest BCUT2D eigenvalue weighted by Gasteiger charge is -2.46. The summed E-state index contributed by atoms with van der Waals surface area (Å²) in [4.78, 5) is 26.6. The average Bonchev–Trinajstić information content (AvgIpc) is 2.93. The molecule has 4 fully saturated rings. The van der Waals surface area contributed by atoms with Gasteiger partial charge in [-0.15, -0.1) is 0 Å². The van der Waals surface area contributed by atoms with Crippen LogP contribution in [0.5, 0.6) is 0 Å². The molecule has 2 aliphatic heterocycles. The summed E-state index contributed by atoms with van der Waals surface area (Å²) in [5, 5.41) is 0. The van der Waals surface area contributed by atoms with Crippen molar-refractivity contribution in [3.8, 4) is 0 Å². The SMILES string of the molecule is CC1OC(=O)C2CC3CCCCC3C(OCC(=O)N3CCOCC3)C12. The fourth-order valence-electron chi connectivity index (χ4n) is 5.46. The van der Waals surface area contributed by atoms with Crippen LogP contribution in [-0.2, 0) is 23.8 Å². The first-order valence-corrected chi connectivity index (χ1v) is 9.83. The standard InChI is InChI=1S/C19H29NO5/c1-12-17-15(19(22)25-12)10-13-4-2-3-5-14(13)18(17)24-11-16(21)20-6-8-23-9-7-20/h12-15,17-18H,2-11H2,1H3. The third-order valence-electron chi connectivity index (χ3n) is 6.70. The van der Waals surface area contributed by atoms with E-state index in [0.717, 1.165) is 12.8 Å². The molecule has 6 nitrogen and oxygen atoms in total. The summed E-state index contributed by atoms with van der Waals surface area (Å²) in [6.07, 6.45) is 5.58. The number of carbonyl (C=O) groups is 2. The monoisotopic (exact) mass is 351 g/mol. The number of rotatable bonds is 3. The molecule has 25 heavy (non-hydrogen) atoms. The Morgan fingerprint density at radius 2 is 2.00 bits per heavy atom. The molecule has 0 spiro atoms. The van der Waals surface area contributed by atoms with Crippen molar-refractivity contribution in [2.45, 2.75) is 51.2 Å². The molecule has 140 valence electrons. The Labute approximate surface area is 149 Å². The van der Waals surface area contributed by atoms with Crippen LogP contribution in [0.25, 0.3) is 0 Å². The highest BCUT2D eigenvalue weighted by Gasteiger charge is 2.55. The maximum absolute atomic E-state index is 12.5. The zero-order valence-corrected chi connectivity index (χ0v) is 15.0. The first kappa shape index (κ1) is 17.3. The van der Waals surface area contributed by atoms with Gasteiger partial charge >= 0.3 is 5.97 Å². The number of cyclic esters (lactones) is 1. The van der Waals surface area contributed by atoms with Gasteiger partial charge in [0.2, 0.25) is 5.91 Å². The lowest BCUT2D eigenvalue weighted by molar-refractivity contribution is -0.152. The van der Waals surface area contributed by atoms with E-state index in [0.29, 0.717) is 38.1 Å². The molecule has 0 aromatic heterocycles. The highest BCUT2D eigenvalue weighted by molar-refractivity contribution is 5.77. The van der Waals surface area contributed by atoms with Gasteiger partial charge in [0.15, 0.2) is 0 Å². The van der Waals surface area contributed by atoms with Crippen molar-refractivity contribution in [1.82, 2.24) is 4.90 Å². The Bertz CT molecular complexity index is 518. The van der Waals surface area contributed by atoms with Gasteiger partial charge in [-0.3, -0.25) is 9.59 Å². The third-order valence-corrected chi connectivity index (χ3v) is 6.70. The van der Waals surface area contributed by atoms with E-state index in [1.165, 1.54) is 19.3 Å². The van der Waals surface area contributed by atoms with Crippen LogP contribution in [0.2, 0.25) is 0 Å². The van der Waals surface area contributed by atoms with Crippen LogP contribution in [-0.4, -0.2) is 61.9 Å². The summed E-state index contributed by atoms with van der Waals surface area (Å²) < 4.78 is 17.1. The molecule has 2 saturated carbocycles. The van der Waals surface area contributed by atoms with E-state index in [1.807, 2.05) is 11.8 Å². The van der Waals surface area contributed by atoms with E-state index in [4.69, 9.17) is 14.2 Å². The van der Waals surface area contributed by atoms with Crippen molar-refractivity contribution in [3.63, 3.8) is 0 Å². The fraction of sp³-hybridized carbons (Fsp3) is 0.895. The Morgan fingerprint density at radius 1 is 1.24 bits per heavy atom. The number of fused-ring (bicyclic) bond motifs is 2. The molecule has 1 amide bonds. The van der Waals surface area contributed by atoms with E-state index in [-0.39, 0.29) is 42.5 Å². The minimum absolute atomic E-state index is 0.0320. The molecule has 6 unspecified atom stereocenters. The quantitative estimate of drug-likeness (QED) is 0.723. The van der Waals surface area contributed by atoms with Crippen LogP contribution in [0.1, 0.15) is 39.0 Å². The van der Waals surface area contributed by atoms with Gasteiger partial charge in [-0.1, -0.05) is 19.3 Å². The number of hydrogen-bond donors (Lipinski definition) is 0. The number of nitrogens with zero attached hydrogens (tertiary/aromatic N) is 1. The largest absolute Gasteiger partial charge is 0.462 e.